The predicted molar refractivity (Wildman–Crippen MR) is 84.9 cm³/mol. The van der Waals surface area contributed by atoms with Gasteiger partial charge in [-0.1, -0.05) is 29.8 Å². The summed E-state index contributed by atoms with van der Waals surface area (Å²) >= 11 is 6.22. The van der Waals surface area contributed by atoms with Crippen LogP contribution in [-0.2, 0) is 6.54 Å². The first-order chi connectivity index (χ1) is 9.84. The van der Waals surface area contributed by atoms with E-state index >= 15 is 0 Å². The maximum absolute atomic E-state index is 6.22. The first-order valence-electron chi connectivity index (χ1n) is 7.22. The van der Waals surface area contributed by atoms with Crippen molar-refractivity contribution in [3.05, 3.63) is 53.2 Å². The van der Waals surface area contributed by atoms with Gasteiger partial charge in [0.25, 0.3) is 0 Å². The monoisotopic (exact) mass is 286 g/mol. The van der Waals surface area contributed by atoms with Crippen molar-refractivity contribution >= 4 is 22.5 Å². The van der Waals surface area contributed by atoms with E-state index in [1.54, 1.807) is 0 Å². The molecule has 1 aliphatic carbocycles. The number of allylic oxidation sites excluding steroid dienone is 2. The van der Waals surface area contributed by atoms with Gasteiger partial charge in [0.2, 0.25) is 0 Å². The van der Waals surface area contributed by atoms with Crippen molar-refractivity contribution in [2.75, 3.05) is 6.54 Å². The summed E-state index contributed by atoms with van der Waals surface area (Å²) in [5, 5.41) is 5.37. The molecule has 2 nitrogen and oxygen atoms in total. The van der Waals surface area contributed by atoms with Gasteiger partial charge in [-0.05, 0) is 55.5 Å². The maximum atomic E-state index is 6.22. The lowest BCUT2D eigenvalue weighted by Gasteiger charge is -2.18. The van der Waals surface area contributed by atoms with E-state index in [9.17, 15) is 0 Å². The Labute approximate surface area is 124 Å². The molecule has 0 spiro atoms. The molecule has 0 aliphatic heterocycles. The zero-order valence-corrected chi connectivity index (χ0v) is 12.2. The van der Waals surface area contributed by atoms with Gasteiger partial charge in [-0.25, -0.2) is 0 Å². The van der Waals surface area contributed by atoms with Crippen LogP contribution in [0.4, 0.5) is 0 Å². The Morgan fingerprint density at radius 2 is 2.20 bits per heavy atom. The standard InChI is InChI=1S/C17H19ClN2/c18-16-9-8-14(17-15(16)7-4-10-20-17)12-19-11-13-5-2-1-3-6-13/h1-2,4,7-10,13,19H,3,5-6,11-12H2. The molecule has 3 rings (SSSR count). The van der Waals surface area contributed by atoms with E-state index < -0.39 is 0 Å². The van der Waals surface area contributed by atoms with Crippen LogP contribution in [-0.4, -0.2) is 11.5 Å². The van der Waals surface area contributed by atoms with Gasteiger partial charge in [-0.2, -0.15) is 0 Å². The third-order valence-corrected chi connectivity index (χ3v) is 4.26. The van der Waals surface area contributed by atoms with Crippen molar-refractivity contribution in [3.63, 3.8) is 0 Å². The zero-order chi connectivity index (χ0) is 13.8. The highest BCUT2D eigenvalue weighted by Gasteiger charge is 2.10. The Morgan fingerprint density at radius 1 is 1.25 bits per heavy atom. The minimum atomic E-state index is 0.770. The highest BCUT2D eigenvalue weighted by molar-refractivity contribution is 6.35. The molecule has 1 aromatic heterocycles. The van der Waals surface area contributed by atoms with Crippen LogP contribution in [0.15, 0.2) is 42.6 Å². The second-order valence-electron chi connectivity index (χ2n) is 5.39. The summed E-state index contributed by atoms with van der Waals surface area (Å²) in [5.41, 5.74) is 2.23. The summed E-state index contributed by atoms with van der Waals surface area (Å²) in [5.74, 6) is 0.770. The van der Waals surface area contributed by atoms with Gasteiger partial charge in [0, 0.05) is 23.2 Å². The Kier molecular flexibility index (Phi) is 4.34. The summed E-state index contributed by atoms with van der Waals surface area (Å²) in [4.78, 5) is 4.47. The van der Waals surface area contributed by atoms with Crippen LogP contribution in [0.1, 0.15) is 24.8 Å². The molecule has 0 fully saturated rings. The molecule has 0 amide bonds. The molecule has 0 bridgehead atoms. The quantitative estimate of drug-likeness (QED) is 0.846. The highest BCUT2D eigenvalue weighted by Crippen LogP contribution is 2.25. The summed E-state index contributed by atoms with van der Waals surface area (Å²) in [7, 11) is 0. The molecular weight excluding hydrogens is 268 g/mol. The number of nitrogens with zero attached hydrogens (tertiary/aromatic N) is 1. The molecule has 104 valence electrons. The maximum Gasteiger partial charge on any atom is 0.0761 e. The molecule has 1 aliphatic rings. The number of hydrogen-bond acceptors (Lipinski definition) is 2. The predicted octanol–water partition coefficient (Wildman–Crippen LogP) is 4.33. The highest BCUT2D eigenvalue weighted by atomic mass is 35.5. The molecular formula is C17H19ClN2. The van der Waals surface area contributed by atoms with Crippen LogP contribution in [0.25, 0.3) is 10.9 Å². The molecule has 1 atom stereocenters. The SMILES string of the molecule is Clc1ccc(CNCC2CC=CCC2)c2ncccc12. The normalized spacial score (nSPS) is 18.6. The van der Waals surface area contributed by atoms with Gasteiger partial charge in [-0.3, -0.25) is 4.98 Å². The van der Waals surface area contributed by atoms with E-state index in [2.05, 4.69) is 28.5 Å². The van der Waals surface area contributed by atoms with Crippen LogP contribution < -0.4 is 5.32 Å². The zero-order valence-electron chi connectivity index (χ0n) is 11.5. The lowest BCUT2D eigenvalue weighted by atomic mass is 9.94. The molecule has 1 aromatic carbocycles. The van der Waals surface area contributed by atoms with Crippen LogP contribution >= 0.6 is 11.6 Å². The molecule has 1 N–H and O–H groups in total. The van der Waals surface area contributed by atoms with Crippen molar-refractivity contribution in [2.24, 2.45) is 5.92 Å². The van der Waals surface area contributed by atoms with Crippen molar-refractivity contribution in [2.45, 2.75) is 25.8 Å². The number of benzene rings is 1. The topological polar surface area (TPSA) is 24.9 Å². The number of pyridine rings is 1. The van der Waals surface area contributed by atoms with E-state index in [0.29, 0.717) is 0 Å². The summed E-state index contributed by atoms with van der Waals surface area (Å²) < 4.78 is 0. The van der Waals surface area contributed by atoms with E-state index in [1.165, 1.54) is 24.8 Å². The largest absolute Gasteiger partial charge is 0.312 e. The Morgan fingerprint density at radius 3 is 3.05 bits per heavy atom. The summed E-state index contributed by atoms with van der Waals surface area (Å²) in [6.45, 7) is 1.92. The third kappa shape index (κ3) is 3.02. The number of rotatable bonds is 4. The fourth-order valence-electron chi connectivity index (χ4n) is 2.79. The third-order valence-electron chi connectivity index (χ3n) is 3.93. The average Bonchev–Trinajstić information content (AvgIpc) is 2.51. The van der Waals surface area contributed by atoms with E-state index in [4.69, 9.17) is 11.6 Å². The van der Waals surface area contributed by atoms with Crippen LogP contribution in [0, 0.1) is 5.92 Å². The van der Waals surface area contributed by atoms with Crippen molar-refractivity contribution in [3.8, 4) is 0 Å². The molecule has 1 heterocycles. The Balaban J connectivity index is 1.68. The molecule has 0 radical (unpaired) electrons. The van der Waals surface area contributed by atoms with Gasteiger partial charge in [0.15, 0.2) is 0 Å². The number of aromatic nitrogens is 1. The smallest absolute Gasteiger partial charge is 0.0761 e. The lowest BCUT2D eigenvalue weighted by molar-refractivity contribution is 0.441. The lowest BCUT2D eigenvalue weighted by Crippen LogP contribution is -2.23. The second kappa shape index (κ2) is 6.38. The first-order valence-corrected chi connectivity index (χ1v) is 7.60. The summed E-state index contributed by atoms with van der Waals surface area (Å²) in [6, 6.07) is 8.00. The molecule has 1 unspecified atom stereocenters. The fourth-order valence-corrected chi connectivity index (χ4v) is 3.01. The number of nitrogens with one attached hydrogen (secondary N) is 1. The Bertz CT molecular complexity index is 621. The van der Waals surface area contributed by atoms with Gasteiger partial charge >= 0.3 is 0 Å². The van der Waals surface area contributed by atoms with Crippen LogP contribution in [0.5, 0.6) is 0 Å². The van der Waals surface area contributed by atoms with E-state index in [1.807, 2.05) is 24.4 Å². The number of hydrogen-bond donors (Lipinski definition) is 1. The molecule has 0 saturated carbocycles. The average molecular weight is 287 g/mol. The second-order valence-corrected chi connectivity index (χ2v) is 5.79. The van der Waals surface area contributed by atoms with E-state index in [-0.39, 0.29) is 0 Å². The van der Waals surface area contributed by atoms with Gasteiger partial charge in [-0.15, -0.1) is 0 Å². The minimum Gasteiger partial charge on any atom is -0.312 e. The molecule has 0 saturated heterocycles. The minimum absolute atomic E-state index is 0.770. The van der Waals surface area contributed by atoms with Crippen LogP contribution in [0.3, 0.4) is 0 Å². The first kappa shape index (κ1) is 13.6. The number of fused-ring (bicyclic) bond motifs is 1. The molecule has 20 heavy (non-hydrogen) atoms. The van der Waals surface area contributed by atoms with E-state index in [0.717, 1.165) is 34.9 Å². The Hall–Kier alpha value is -1.38. The van der Waals surface area contributed by atoms with Gasteiger partial charge in [0.05, 0.1) is 5.52 Å². The fraction of sp³-hybridized carbons (Fsp3) is 0.353. The van der Waals surface area contributed by atoms with Crippen LogP contribution in [0.2, 0.25) is 5.02 Å². The molecule has 3 heteroatoms. The van der Waals surface area contributed by atoms with Crippen molar-refractivity contribution < 1.29 is 0 Å². The van der Waals surface area contributed by atoms with Gasteiger partial charge in [0.1, 0.15) is 0 Å². The van der Waals surface area contributed by atoms with Crippen molar-refractivity contribution in [1.29, 1.82) is 0 Å². The van der Waals surface area contributed by atoms with Crippen molar-refractivity contribution in [1.82, 2.24) is 10.3 Å². The number of halogens is 1. The summed E-state index contributed by atoms with van der Waals surface area (Å²) in [6.07, 6.45) is 10.1. The van der Waals surface area contributed by atoms with Gasteiger partial charge < -0.3 is 5.32 Å². The molecule has 2 aromatic rings.